The maximum absolute atomic E-state index is 5.81. The zero-order valence-corrected chi connectivity index (χ0v) is 12.0. The fraction of sp³-hybridized carbons (Fsp3) is 0.714. The number of nitrogens with one attached hydrogen (secondary N) is 1. The Morgan fingerprint density at radius 3 is 2.79 bits per heavy atom. The molecule has 0 spiro atoms. The summed E-state index contributed by atoms with van der Waals surface area (Å²) in [5.74, 6) is 1.38. The molecule has 19 heavy (non-hydrogen) atoms. The smallest absolute Gasteiger partial charge is 0.222 e. The predicted molar refractivity (Wildman–Crippen MR) is 79.4 cm³/mol. The molecule has 0 radical (unpaired) electrons. The van der Waals surface area contributed by atoms with Gasteiger partial charge in [0.2, 0.25) is 5.95 Å². The lowest BCUT2D eigenvalue weighted by Crippen LogP contribution is -2.57. The van der Waals surface area contributed by atoms with Crippen molar-refractivity contribution in [3.05, 3.63) is 11.8 Å². The number of likely N-dealkylation sites (N-methyl/N-ethyl adjacent to an activating group) is 1. The molecule has 0 amide bonds. The molecule has 2 rings (SSSR count). The molecule has 1 aromatic heterocycles. The highest BCUT2D eigenvalue weighted by molar-refractivity contribution is 5.46. The van der Waals surface area contributed by atoms with Crippen LogP contribution in [0, 0.1) is 0 Å². The number of nitrogens with two attached hydrogens (primary N) is 1. The largest absolute Gasteiger partial charge is 0.368 e. The summed E-state index contributed by atoms with van der Waals surface area (Å²) < 4.78 is 0. The lowest BCUT2D eigenvalue weighted by molar-refractivity contribution is 0.447. The monoisotopic (exact) mass is 263 g/mol. The molecule has 0 aliphatic carbocycles. The first-order valence-electron chi connectivity index (χ1n) is 7.28. The summed E-state index contributed by atoms with van der Waals surface area (Å²) in [4.78, 5) is 10.9. The number of nitrogen functional groups attached to an aromatic ring is 1. The third kappa shape index (κ3) is 3.80. The molecule has 0 atom stereocenters. The van der Waals surface area contributed by atoms with Crippen molar-refractivity contribution in [2.24, 2.45) is 0 Å². The van der Waals surface area contributed by atoms with Gasteiger partial charge in [0.1, 0.15) is 5.82 Å². The van der Waals surface area contributed by atoms with Crippen molar-refractivity contribution in [2.75, 3.05) is 30.8 Å². The Bertz CT molecular complexity index is 401. The summed E-state index contributed by atoms with van der Waals surface area (Å²) in [5.41, 5.74) is 6.88. The van der Waals surface area contributed by atoms with E-state index in [9.17, 15) is 0 Å². The van der Waals surface area contributed by atoms with Crippen LogP contribution in [0.5, 0.6) is 0 Å². The SMILES string of the molecule is CCCCCCc1cc(N2CC(NC)C2)nc(N)n1. The van der Waals surface area contributed by atoms with Crippen molar-refractivity contribution < 1.29 is 0 Å². The highest BCUT2D eigenvalue weighted by Crippen LogP contribution is 2.20. The van der Waals surface area contributed by atoms with Crippen molar-refractivity contribution in [3.63, 3.8) is 0 Å². The summed E-state index contributed by atoms with van der Waals surface area (Å²) >= 11 is 0. The molecule has 0 unspecified atom stereocenters. The molecule has 0 saturated carbocycles. The van der Waals surface area contributed by atoms with Crippen LogP contribution in [-0.4, -0.2) is 36.1 Å². The molecule has 5 heteroatoms. The maximum atomic E-state index is 5.81. The number of aryl methyl sites for hydroxylation is 1. The second kappa shape index (κ2) is 6.70. The number of anilines is 2. The Labute approximate surface area is 115 Å². The van der Waals surface area contributed by atoms with Crippen molar-refractivity contribution in [3.8, 4) is 0 Å². The molecular formula is C14H25N5. The number of nitrogens with zero attached hydrogens (tertiary/aromatic N) is 3. The van der Waals surface area contributed by atoms with Crippen LogP contribution in [-0.2, 0) is 6.42 Å². The molecule has 1 aromatic rings. The summed E-state index contributed by atoms with van der Waals surface area (Å²) in [6.45, 7) is 4.23. The average Bonchev–Trinajstić information content (AvgIpc) is 2.33. The highest BCUT2D eigenvalue weighted by atomic mass is 15.3. The number of rotatable bonds is 7. The van der Waals surface area contributed by atoms with Gasteiger partial charge in [-0.05, 0) is 19.9 Å². The zero-order chi connectivity index (χ0) is 13.7. The minimum Gasteiger partial charge on any atom is -0.368 e. The summed E-state index contributed by atoms with van der Waals surface area (Å²) in [7, 11) is 2.00. The van der Waals surface area contributed by atoms with E-state index >= 15 is 0 Å². The third-order valence-electron chi connectivity index (χ3n) is 3.68. The number of aromatic nitrogens is 2. The lowest BCUT2D eigenvalue weighted by Gasteiger charge is -2.40. The quantitative estimate of drug-likeness (QED) is 0.731. The molecule has 0 bridgehead atoms. The van der Waals surface area contributed by atoms with Crippen LogP contribution in [0.3, 0.4) is 0 Å². The molecular weight excluding hydrogens is 238 g/mol. The van der Waals surface area contributed by atoms with E-state index in [-0.39, 0.29) is 0 Å². The van der Waals surface area contributed by atoms with Gasteiger partial charge in [0.15, 0.2) is 0 Å². The lowest BCUT2D eigenvalue weighted by atomic mass is 10.1. The van der Waals surface area contributed by atoms with E-state index < -0.39 is 0 Å². The van der Waals surface area contributed by atoms with Gasteiger partial charge in [-0.1, -0.05) is 26.2 Å². The van der Waals surface area contributed by atoms with E-state index in [0.717, 1.165) is 31.0 Å². The standard InChI is InChI=1S/C14H25N5/c1-3-4-5-6-7-11-8-13(18-14(15)17-11)19-9-12(10-19)16-2/h8,12,16H,3-7,9-10H2,1-2H3,(H2,15,17,18). The third-order valence-corrected chi connectivity index (χ3v) is 3.68. The van der Waals surface area contributed by atoms with E-state index in [1.165, 1.54) is 25.7 Å². The van der Waals surface area contributed by atoms with Crippen LogP contribution >= 0.6 is 0 Å². The molecule has 5 nitrogen and oxygen atoms in total. The Hall–Kier alpha value is -1.36. The first-order chi connectivity index (χ1) is 9.22. The van der Waals surface area contributed by atoms with E-state index in [1.807, 2.05) is 7.05 Å². The highest BCUT2D eigenvalue weighted by Gasteiger charge is 2.26. The van der Waals surface area contributed by atoms with Crippen LogP contribution < -0.4 is 16.0 Å². The van der Waals surface area contributed by atoms with Crippen molar-refractivity contribution in [1.29, 1.82) is 0 Å². The van der Waals surface area contributed by atoms with Crippen molar-refractivity contribution >= 4 is 11.8 Å². The van der Waals surface area contributed by atoms with Crippen LogP contribution in [0.2, 0.25) is 0 Å². The Morgan fingerprint density at radius 1 is 1.32 bits per heavy atom. The van der Waals surface area contributed by atoms with Gasteiger partial charge in [-0.3, -0.25) is 0 Å². The van der Waals surface area contributed by atoms with Gasteiger partial charge < -0.3 is 16.0 Å². The first kappa shape index (κ1) is 14.1. The predicted octanol–water partition coefficient (Wildman–Crippen LogP) is 1.59. The fourth-order valence-electron chi connectivity index (χ4n) is 2.37. The average molecular weight is 263 g/mol. The molecule has 106 valence electrons. The van der Waals surface area contributed by atoms with Crippen LogP contribution in [0.4, 0.5) is 11.8 Å². The Kier molecular flexibility index (Phi) is 4.96. The number of hydrogen-bond donors (Lipinski definition) is 2. The van der Waals surface area contributed by atoms with E-state index in [2.05, 4.69) is 33.2 Å². The van der Waals surface area contributed by atoms with E-state index in [4.69, 9.17) is 5.73 Å². The van der Waals surface area contributed by atoms with E-state index in [1.54, 1.807) is 0 Å². The first-order valence-corrected chi connectivity index (χ1v) is 7.28. The van der Waals surface area contributed by atoms with Crippen LogP contribution in [0.15, 0.2) is 6.07 Å². The molecule has 0 aromatic carbocycles. The number of hydrogen-bond acceptors (Lipinski definition) is 5. The normalized spacial score (nSPS) is 15.6. The van der Waals surface area contributed by atoms with Gasteiger partial charge >= 0.3 is 0 Å². The van der Waals surface area contributed by atoms with Gasteiger partial charge in [-0.15, -0.1) is 0 Å². The molecule has 1 aliphatic rings. The van der Waals surface area contributed by atoms with E-state index in [0.29, 0.717) is 12.0 Å². The topological polar surface area (TPSA) is 67.1 Å². The Morgan fingerprint density at radius 2 is 2.11 bits per heavy atom. The fourth-order valence-corrected chi connectivity index (χ4v) is 2.37. The second-order valence-corrected chi connectivity index (χ2v) is 5.28. The zero-order valence-electron chi connectivity index (χ0n) is 12.0. The van der Waals surface area contributed by atoms with Crippen LogP contribution in [0.25, 0.3) is 0 Å². The minimum absolute atomic E-state index is 0.399. The molecule has 1 aliphatic heterocycles. The minimum atomic E-state index is 0.399. The maximum Gasteiger partial charge on any atom is 0.222 e. The van der Waals surface area contributed by atoms with Gasteiger partial charge in [0.25, 0.3) is 0 Å². The molecule has 2 heterocycles. The molecule has 1 saturated heterocycles. The van der Waals surface area contributed by atoms with Gasteiger partial charge in [-0.25, -0.2) is 4.98 Å². The van der Waals surface area contributed by atoms with Crippen molar-refractivity contribution in [2.45, 2.75) is 45.1 Å². The van der Waals surface area contributed by atoms with Crippen molar-refractivity contribution in [1.82, 2.24) is 15.3 Å². The van der Waals surface area contributed by atoms with Gasteiger partial charge in [-0.2, -0.15) is 4.98 Å². The molecule has 1 fully saturated rings. The van der Waals surface area contributed by atoms with Crippen LogP contribution in [0.1, 0.15) is 38.3 Å². The number of unbranched alkanes of at least 4 members (excludes halogenated alkanes) is 3. The summed E-state index contributed by atoms with van der Waals surface area (Å²) in [6.07, 6.45) is 6.01. The second-order valence-electron chi connectivity index (χ2n) is 5.28. The summed E-state index contributed by atoms with van der Waals surface area (Å²) in [5, 5.41) is 3.26. The Balaban J connectivity index is 1.92. The van der Waals surface area contributed by atoms with Gasteiger partial charge in [0.05, 0.1) is 0 Å². The molecule has 3 N–H and O–H groups in total. The summed E-state index contributed by atoms with van der Waals surface area (Å²) in [6, 6.07) is 2.66. The van der Waals surface area contributed by atoms with Gasteiger partial charge in [0, 0.05) is 30.9 Å².